The average Bonchev–Trinajstić information content (AvgIpc) is 2.26. The van der Waals surface area contributed by atoms with Gasteiger partial charge in [0, 0.05) is 0 Å². The zero-order valence-corrected chi connectivity index (χ0v) is 9.15. The van der Waals surface area contributed by atoms with Crippen LogP contribution in [0.4, 0.5) is 0 Å². The Labute approximate surface area is 89.3 Å². The quantitative estimate of drug-likeness (QED) is 0.327. The highest BCUT2D eigenvalue weighted by atomic mass is 14.9. The van der Waals surface area contributed by atoms with Gasteiger partial charge < -0.3 is 22.1 Å². The summed E-state index contributed by atoms with van der Waals surface area (Å²) in [6.45, 7) is 5.77. The standard InChI is InChI=1S/C10H26N4/c11-5-3-9-13-7-1-2-8-14-10-4-6-12/h13-14H,1-12H2/i/hD. The monoisotopic (exact) mass is 203 g/mol. The van der Waals surface area contributed by atoms with Crippen LogP contribution < -0.4 is 22.1 Å². The van der Waals surface area contributed by atoms with Crippen LogP contribution in [0.1, 0.15) is 25.7 Å². The molecule has 0 spiro atoms. The van der Waals surface area contributed by atoms with E-state index >= 15 is 0 Å². The first-order valence-corrected chi connectivity index (χ1v) is 5.68. The molecule has 0 bridgehead atoms. The van der Waals surface area contributed by atoms with E-state index in [1.807, 2.05) is 0 Å². The van der Waals surface area contributed by atoms with Gasteiger partial charge in [-0.25, -0.2) is 0 Å². The van der Waals surface area contributed by atoms with Crippen LogP contribution in [-0.4, -0.2) is 39.3 Å². The van der Waals surface area contributed by atoms with E-state index in [-0.39, 0.29) is 0 Å². The summed E-state index contributed by atoms with van der Waals surface area (Å²) >= 11 is 0. The SMILES string of the molecule is [2H]NCCCNCCCCNCCCN. The minimum absolute atomic E-state index is 0.771. The Kier molecular flexibility index (Phi) is 10.9. The molecule has 0 aliphatic carbocycles. The number of rotatable bonds is 12. The number of hydrogen-bond donors (Lipinski definition) is 4. The Hall–Kier alpha value is -0.160. The van der Waals surface area contributed by atoms with Gasteiger partial charge in [0.15, 0.2) is 0 Å². The molecule has 0 aliphatic rings. The molecule has 0 fully saturated rings. The average molecular weight is 203 g/mol. The molecule has 0 saturated carbocycles. The van der Waals surface area contributed by atoms with Crippen molar-refractivity contribution in [3.63, 3.8) is 0 Å². The maximum Gasteiger partial charge on any atom is 0.118 e. The molecule has 0 saturated heterocycles. The molecular weight excluding hydrogens is 176 g/mol. The highest BCUT2D eigenvalue weighted by Crippen LogP contribution is 1.84. The van der Waals surface area contributed by atoms with Crippen LogP contribution in [0.5, 0.6) is 0 Å². The molecule has 0 unspecified atom stereocenters. The summed E-state index contributed by atoms with van der Waals surface area (Å²) in [7, 11) is 0. The van der Waals surface area contributed by atoms with Crippen LogP contribution in [-0.2, 0) is 0 Å². The summed E-state index contributed by atoms with van der Waals surface area (Å²) in [4.78, 5) is 0. The van der Waals surface area contributed by atoms with Gasteiger partial charge in [-0.2, -0.15) is 0 Å². The van der Waals surface area contributed by atoms with Crippen molar-refractivity contribution in [1.82, 2.24) is 10.6 Å². The Morgan fingerprint density at radius 3 is 1.79 bits per heavy atom. The minimum Gasteiger partial charge on any atom is -0.330 e. The van der Waals surface area contributed by atoms with Gasteiger partial charge in [0.1, 0.15) is 1.41 Å². The van der Waals surface area contributed by atoms with Gasteiger partial charge in [-0.05, 0) is 65.0 Å². The molecule has 0 aromatic carbocycles. The fourth-order valence-corrected chi connectivity index (χ4v) is 1.19. The van der Waals surface area contributed by atoms with Crippen molar-refractivity contribution in [3.8, 4) is 0 Å². The lowest BCUT2D eigenvalue weighted by Crippen LogP contribution is -2.22. The fourth-order valence-electron chi connectivity index (χ4n) is 1.19. The van der Waals surface area contributed by atoms with Crippen LogP contribution in [0.25, 0.3) is 0 Å². The van der Waals surface area contributed by atoms with Crippen molar-refractivity contribution in [2.45, 2.75) is 25.7 Å². The van der Waals surface area contributed by atoms with Crippen molar-refractivity contribution < 1.29 is 1.41 Å². The van der Waals surface area contributed by atoms with E-state index in [1.165, 1.54) is 12.8 Å². The molecule has 0 radical (unpaired) electrons. The molecule has 0 rings (SSSR count). The predicted molar refractivity (Wildman–Crippen MR) is 62.3 cm³/mol. The second-order valence-electron chi connectivity index (χ2n) is 3.45. The fraction of sp³-hybridized carbons (Fsp3) is 1.00. The maximum atomic E-state index is 6.73. The van der Waals surface area contributed by atoms with Crippen LogP contribution in [0.2, 0.25) is 1.41 Å². The van der Waals surface area contributed by atoms with Crippen LogP contribution in [0, 0.1) is 0 Å². The van der Waals surface area contributed by atoms with E-state index < -0.39 is 0 Å². The third-order valence-electron chi connectivity index (χ3n) is 2.05. The Morgan fingerprint density at radius 1 is 0.786 bits per heavy atom. The molecule has 0 aliphatic heterocycles. The third kappa shape index (κ3) is 11.8. The van der Waals surface area contributed by atoms with E-state index in [2.05, 4.69) is 16.4 Å². The Morgan fingerprint density at radius 2 is 1.29 bits per heavy atom. The van der Waals surface area contributed by atoms with Gasteiger partial charge in [0.25, 0.3) is 0 Å². The van der Waals surface area contributed by atoms with Crippen molar-refractivity contribution in [1.29, 1.82) is 0 Å². The lowest BCUT2D eigenvalue weighted by Gasteiger charge is -2.04. The Bertz CT molecular complexity index is 102. The second-order valence-corrected chi connectivity index (χ2v) is 3.45. The van der Waals surface area contributed by atoms with E-state index in [0.29, 0.717) is 0 Å². The van der Waals surface area contributed by atoms with Crippen molar-refractivity contribution >= 4 is 0 Å². The number of nitrogens with one attached hydrogen (secondary N) is 2. The van der Waals surface area contributed by atoms with Gasteiger partial charge in [-0.1, -0.05) is 0 Å². The van der Waals surface area contributed by atoms with Crippen LogP contribution >= 0.6 is 0 Å². The summed E-state index contributed by atoms with van der Waals surface area (Å²) in [5.41, 5.74) is 7.77. The molecular formula is C10H26N4. The predicted octanol–water partition coefficient (Wildman–Crippen LogP) is -0.357. The van der Waals surface area contributed by atoms with Gasteiger partial charge >= 0.3 is 0 Å². The molecule has 4 heteroatoms. The molecule has 4 nitrogen and oxygen atoms in total. The van der Waals surface area contributed by atoms with Gasteiger partial charge in [0.05, 0.1) is 0 Å². The number of hydrogen-bond acceptors (Lipinski definition) is 4. The van der Waals surface area contributed by atoms with Crippen LogP contribution in [0.3, 0.4) is 0 Å². The third-order valence-corrected chi connectivity index (χ3v) is 2.05. The van der Waals surface area contributed by atoms with Crippen molar-refractivity contribution in [3.05, 3.63) is 0 Å². The first-order valence-electron chi connectivity index (χ1n) is 6.18. The smallest absolute Gasteiger partial charge is 0.118 e. The second kappa shape index (κ2) is 12.8. The lowest BCUT2D eigenvalue weighted by molar-refractivity contribution is 0.570. The van der Waals surface area contributed by atoms with E-state index in [1.54, 1.807) is 0 Å². The number of unbranched alkanes of at least 4 members (excludes halogenated alkanes) is 1. The lowest BCUT2D eigenvalue weighted by atomic mass is 10.3. The van der Waals surface area contributed by atoms with E-state index in [4.69, 9.17) is 7.15 Å². The van der Waals surface area contributed by atoms with Gasteiger partial charge in [0.2, 0.25) is 0 Å². The maximum absolute atomic E-state index is 6.73. The van der Waals surface area contributed by atoms with Crippen LogP contribution in [0.15, 0.2) is 0 Å². The molecule has 0 aromatic heterocycles. The molecule has 0 atom stereocenters. The first kappa shape index (κ1) is 11.9. The zero-order chi connectivity index (χ0) is 11.2. The van der Waals surface area contributed by atoms with E-state index in [0.717, 1.165) is 52.1 Å². The highest BCUT2D eigenvalue weighted by molar-refractivity contribution is 4.52. The summed E-state index contributed by atoms with van der Waals surface area (Å²) < 4.78 is 6.73. The van der Waals surface area contributed by atoms with Gasteiger partial charge in [-0.15, -0.1) is 0 Å². The van der Waals surface area contributed by atoms with Crippen molar-refractivity contribution in [2.75, 3.05) is 39.3 Å². The minimum atomic E-state index is 0.771. The number of nitrogens with two attached hydrogens (primary N) is 2. The topological polar surface area (TPSA) is 76.1 Å². The molecule has 0 aromatic rings. The zero-order valence-electron chi connectivity index (χ0n) is 10.1. The molecule has 6 N–H and O–H groups in total. The molecule has 86 valence electrons. The first-order chi connectivity index (χ1) is 7.41. The van der Waals surface area contributed by atoms with Gasteiger partial charge in [-0.3, -0.25) is 0 Å². The molecule has 0 heterocycles. The normalized spacial score (nSPS) is 11.6. The molecule has 14 heavy (non-hydrogen) atoms. The summed E-state index contributed by atoms with van der Waals surface area (Å²) in [6, 6.07) is 0. The highest BCUT2D eigenvalue weighted by Gasteiger charge is 1.89. The summed E-state index contributed by atoms with van der Waals surface area (Å²) in [5, 5.41) is 6.71. The van der Waals surface area contributed by atoms with Crippen molar-refractivity contribution in [2.24, 2.45) is 11.5 Å². The van der Waals surface area contributed by atoms with E-state index in [9.17, 15) is 0 Å². The Balaban J connectivity index is 2.81. The molecule has 0 amide bonds. The summed E-state index contributed by atoms with van der Waals surface area (Å²) in [5.74, 6) is 0. The largest absolute Gasteiger partial charge is 0.330 e. The summed E-state index contributed by atoms with van der Waals surface area (Å²) in [6.07, 6.45) is 4.52.